The monoisotopic (exact) mass is 487 g/mol. The number of likely N-dealkylation sites (tertiary alicyclic amines) is 1. The van der Waals surface area contributed by atoms with Gasteiger partial charge in [0.1, 0.15) is 12.4 Å². The van der Waals surface area contributed by atoms with Gasteiger partial charge in [-0.05, 0) is 57.2 Å². The fourth-order valence-corrected chi connectivity index (χ4v) is 9.54. The molecule has 1 fully saturated rings. The molecule has 0 N–H and O–H groups in total. The van der Waals surface area contributed by atoms with Crippen LogP contribution in [0.2, 0.25) is 13.1 Å². The highest BCUT2D eigenvalue weighted by Crippen LogP contribution is 2.46. The average Bonchev–Trinajstić information content (AvgIpc) is 3.43. The molecule has 0 radical (unpaired) electrons. The molecule has 1 aliphatic heterocycles. The van der Waals surface area contributed by atoms with Crippen LogP contribution < -0.4 is 9.92 Å². The first-order valence-electron chi connectivity index (χ1n) is 13.3. The molecule has 0 spiro atoms. The molecular weight excluding hydrogens is 442 g/mol. The highest BCUT2D eigenvalue weighted by Gasteiger charge is 2.45. The van der Waals surface area contributed by atoms with E-state index in [2.05, 4.69) is 109 Å². The molecule has 0 saturated carbocycles. The van der Waals surface area contributed by atoms with Crippen LogP contribution in [0.3, 0.4) is 0 Å². The van der Waals surface area contributed by atoms with Crippen LogP contribution in [0.5, 0.6) is 5.75 Å². The van der Waals surface area contributed by atoms with E-state index >= 15 is 0 Å². The highest BCUT2D eigenvalue weighted by molar-refractivity contribution is 6.92. The number of hydrogen-bond donors (Lipinski definition) is 0. The maximum Gasteiger partial charge on any atom is 0.122 e. The van der Waals surface area contributed by atoms with Crippen molar-refractivity contribution in [2.75, 3.05) is 19.7 Å². The van der Waals surface area contributed by atoms with Crippen LogP contribution in [0.15, 0.2) is 54.8 Å². The number of fused-ring (bicyclic) bond motifs is 1. The van der Waals surface area contributed by atoms with Crippen LogP contribution in [0.4, 0.5) is 0 Å². The van der Waals surface area contributed by atoms with E-state index in [9.17, 15) is 0 Å². The molecule has 1 unspecified atom stereocenters. The van der Waals surface area contributed by atoms with Gasteiger partial charge in [-0.3, -0.25) is 0 Å². The van der Waals surface area contributed by atoms with Crippen molar-refractivity contribution in [2.24, 2.45) is 0 Å². The second-order valence-corrected chi connectivity index (χ2v) is 17.6. The molecule has 2 aliphatic rings. The summed E-state index contributed by atoms with van der Waals surface area (Å²) in [5, 5.41) is 1.45. The van der Waals surface area contributed by atoms with E-state index < -0.39 is 8.07 Å². The lowest BCUT2D eigenvalue weighted by molar-refractivity contribution is 0.353. The molecule has 1 saturated heterocycles. The van der Waals surface area contributed by atoms with Crippen LogP contribution in [0.1, 0.15) is 82.2 Å². The molecule has 0 bridgehead atoms. The third kappa shape index (κ3) is 4.89. The molecule has 1 aliphatic carbocycles. The molecular formula is C32H45NOSi. The minimum atomic E-state index is -2.11. The second-order valence-electron chi connectivity index (χ2n) is 13.0. The third-order valence-corrected chi connectivity index (χ3v) is 11.7. The fraction of sp³-hybridized carbons (Fsp3) is 0.500. The summed E-state index contributed by atoms with van der Waals surface area (Å²) in [6.07, 6.45) is 6.96. The lowest BCUT2D eigenvalue weighted by Gasteiger charge is -2.39. The Morgan fingerprint density at radius 1 is 1.00 bits per heavy atom. The maximum absolute atomic E-state index is 6.59. The zero-order valence-electron chi connectivity index (χ0n) is 23.3. The molecule has 3 heteroatoms. The number of rotatable bonds is 6. The standard InChI is InChI=1S/C32H45NOSi/c1-10-19-34-29-26(32(5,6)7)21-24(31(2,3)4)22-28(29)35(8,9)30-25-16-12-11-15-23(25)20-27(30)33-17-13-14-18-33/h10-12,15-16,20-22,30H,1,13-14,17-19H2,2-9H3. The Bertz CT molecular complexity index is 1120. The van der Waals surface area contributed by atoms with E-state index in [4.69, 9.17) is 4.74 Å². The van der Waals surface area contributed by atoms with Gasteiger partial charge in [0.2, 0.25) is 0 Å². The first-order chi connectivity index (χ1) is 16.4. The molecule has 35 heavy (non-hydrogen) atoms. The van der Waals surface area contributed by atoms with Gasteiger partial charge >= 0.3 is 0 Å². The second kappa shape index (κ2) is 9.31. The van der Waals surface area contributed by atoms with E-state index in [0.717, 1.165) is 5.75 Å². The van der Waals surface area contributed by atoms with Gasteiger partial charge in [-0.15, -0.1) is 0 Å². The molecule has 1 atom stereocenters. The van der Waals surface area contributed by atoms with E-state index in [0.29, 0.717) is 12.1 Å². The summed E-state index contributed by atoms with van der Waals surface area (Å²) < 4.78 is 6.59. The summed E-state index contributed by atoms with van der Waals surface area (Å²) in [6.45, 7) is 25.9. The Kier molecular flexibility index (Phi) is 6.87. The molecule has 2 aromatic carbocycles. The van der Waals surface area contributed by atoms with Gasteiger partial charge in [0.25, 0.3) is 0 Å². The topological polar surface area (TPSA) is 12.5 Å². The van der Waals surface area contributed by atoms with Crippen LogP contribution in [-0.4, -0.2) is 32.7 Å². The van der Waals surface area contributed by atoms with Crippen LogP contribution in [0.25, 0.3) is 6.08 Å². The van der Waals surface area contributed by atoms with Crippen molar-refractivity contribution in [3.05, 3.63) is 77.0 Å². The molecule has 188 valence electrons. The van der Waals surface area contributed by atoms with Crippen molar-refractivity contribution in [1.82, 2.24) is 4.90 Å². The lowest BCUT2D eigenvalue weighted by atomic mass is 9.80. The molecule has 0 aromatic heterocycles. The van der Waals surface area contributed by atoms with Crippen molar-refractivity contribution in [1.29, 1.82) is 0 Å². The fourth-order valence-electron chi connectivity index (χ4n) is 5.87. The molecule has 2 nitrogen and oxygen atoms in total. The molecule has 2 aromatic rings. The number of allylic oxidation sites excluding steroid dienone is 1. The maximum atomic E-state index is 6.59. The Morgan fingerprint density at radius 2 is 1.66 bits per heavy atom. The summed E-state index contributed by atoms with van der Waals surface area (Å²) >= 11 is 0. The van der Waals surface area contributed by atoms with Crippen molar-refractivity contribution < 1.29 is 4.74 Å². The zero-order valence-corrected chi connectivity index (χ0v) is 24.3. The van der Waals surface area contributed by atoms with Gasteiger partial charge in [0.15, 0.2) is 0 Å². The van der Waals surface area contributed by atoms with Gasteiger partial charge in [-0.25, -0.2) is 0 Å². The Labute approximate surface area is 215 Å². The van der Waals surface area contributed by atoms with Crippen LogP contribution in [-0.2, 0) is 10.8 Å². The van der Waals surface area contributed by atoms with E-state index in [1.54, 1.807) is 0 Å². The van der Waals surface area contributed by atoms with Crippen molar-refractivity contribution in [2.45, 2.75) is 83.8 Å². The quantitative estimate of drug-likeness (QED) is 0.308. The van der Waals surface area contributed by atoms with Crippen LogP contribution in [0, 0.1) is 0 Å². The van der Waals surface area contributed by atoms with Gasteiger partial charge in [0, 0.05) is 24.3 Å². The van der Waals surface area contributed by atoms with E-state index in [-0.39, 0.29) is 10.8 Å². The highest BCUT2D eigenvalue weighted by atomic mass is 28.3. The summed E-state index contributed by atoms with van der Waals surface area (Å²) in [5.41, 5.74) is 7.63. The summed E-state index contributed by atoms with van der Waals surface area (Å²) in [5.74, 6) is 1.10. The Morgan fingerprint density at radius 3 is 2.26 bits per heavy atom. The number of hydrogen-bond acceptors (Lipinski definition) is 2. The lowest BCUT2D eigenvalue weighted by Crippen LogP contribution is -2.51. The van der Waals surface area contributed by atoms with Crippen molar-refractivity contribution >= 4 is 19.3 Å². The molecule has 1 heterocycles. The van der Waals surface area contributed by atoms with Gasteiger partial charge < -0.3 is 9.64 Å². The van der Waals surface area contributed by atoms with E-state index in [1.165, 1.54) is 59.1 Å². The predicted molar refractivity (Wildman–Crippen MR) is 155 cm³/mol. The Balaban J connectivity index is 1.97. The first-order valence-corrected chi connectivity index (χ1v) is 16.4. The van der Waals surface area contributed by atoms with Crippen molar-refractivity contribution in [3.63, 3.8) is 0 Å². The normalized spacial score (nSPS) is 18.5. The SMILES string of the molecule is C=CCOc1c(C(C)(C)C)cc(C(C)(C)C)cc1[Si](C)(C)C1C(N2CCCC2)=Cc2ccccc21. The number of benzene rings is 2. The van der Waals surface area contributed by atoms with Gasteiger partial charge in [0.05, 0.1) is 8.07 Å². The molecule has 4 rings (SSSR count). The van der Waals surface area contributed by atoms with Crippen LogP contribution >= 0.6 is 0 Å². The van der Waals surface area contributed by atoms with Gasteiger partial charge in [-0.1, -0.05) is 104 Å². The minimum absolute atomic E-state index is 0.0157. The zero-order chi connectivity index (χ0) is 25.6. The smallest absolute Gasteiger partial charge is 0.122 e. The van der Waals surface area contributed by atoms with Crippen molar-refractivity contribution in [3.8, 4) is 5.75 Å². The summed E-state index contributed by atoms with van der Waals surface area (Å²) in [7, 11) is -2.11. The van der Waals surface area contributed by atoms with Gasteiger partial charge in [-0.2, -0.15) is 0 Å². The van der Waals surface area contributed by atoms with E-state index in [1.807, 2.05) is 6.08 Å². The minimum Gasteiger partial charge on any atom is -0.489 e. The summed E-state index contributed by atoms with van der Waals surface area (Å²) in [4.78, 5) is 2.67. The first kappa shape index (κ1) is 25.8. The Hall–Kier alpha value is -2.26. The number of ether oxygens (including phenoxy) is 1. The average molecular weight is 488 g/mol. The largest absolute Gasteiger partial charge is 0.489 e. The number of nitrogens with zero attached hydrogens (tertiary/aromatic N) is 1. The molecule has 0 amide bonds. The third-order valence-electron chi connectivity index (χ3n) is 7.90. The summed E-state index contributed by atoms with van der Waals surface area (Å²) in [6, 6.07) is 14.0. The predicted octanol–water partition coefficient (Wildman–Crippen LogP) is 7.54.